The second-order valence-corrected chi connectivity index (χ2v) is 7.87. The number of carbonyl (C=O) groups excluding carboxylic acids is 1. The van der Waals surface area contributed by atoms with Gasteiger partial charge in [0, 0.05) is 24.1 Å². The molecule has 1 aromatic rings. The van der Waals surface area contributed by atoms with Crippen LogP contribution in [0, 0.1) is 5.41 Å². The lowest BCUT2D eigenvalue weighted by Gasteiger charge is -2.56. The smallest absolute Gasteiger partial charge is 0.120 e. The van der Waals surface area contributed by atoms with Gasteiger partial charge < -0.3 is 10.1 Å². The maximum absolute atomic E-state index is 11.4. The summed E-state index contributed by atoms with van der Waals surface area (Å²) >= 11 is 0. The minimum absolute atomic E-state index is 0.186. The average Bonchev–Trinajstić information content (AvgIpc) is 3.04. The van der Waals surface area contributed by atoms with Crippen molar-refractivity contribution in [1.29, 1.82) is 0 Å². The van der Waals surface area contributed by atoms with Gasteiger partial charge in [-0.25, -0.2) is 0 Å². The standard InChI is InChI=1S/C19H24N2O/c22-13-10-18-7-3-11-21-12-6-15-14-4-1-2-5-16(14)20-19(15,9-8-18)17(18)21/h1-2,4-5,13,15,17,20H,3,6-12H2/t15-,17-,18-,19+/m1/s1. The summed E-state index contributed by atoms with van der Waals surface area (Å²) in [5.41, 5.74) is 3.29. The first-order valence-corrected chi connectivity index (χ1v) is 8.84. The number of benzene rings is 1. The molecule has 3 nitrogen and oxygen atoms in total. The van der Waals surface area contributed by atoms with Crippen LogP contribution in [0.1, 0.15) is 50.0 Å². The van der Waals surface area contributed by atoms with Gasteiger partial charge in [-0.05, 0) is 62.2 Å². The van der Waals surface area contributed by atoms with E-state index in [0.29, 0.717) is 12.0 Å². The van der Waals surface area contributed by atoms with E-state index in [0.717, 1.165) is 6.42 Å². The zero-order chi connectivity index (χ0) is 14.8. The van der Waals surface area contributed by atoms with E-state index in [1.807, 2.05) is 0 Å². The van der Waals surface area contributed by atoms with Crippen molar-refractivity contribution in [2.45, 2.75) is 56.0 Å². The number of nitrogens with one attached hydrogen (secondary N) is 1. The fraction of sp³-hybridized carbons (Fsp3) is 0.632. The van der Waals surface area contributed by atoms with Crippen molar-refractivity contribution in [3.05, 3.63) is 29.8 Å². The van der Waals surface area contributed by atoms with Crippen molar-refractivity contribution in [1.82, 2.24) is 4.90 Å². The van der Waals surface area contributed by atoms with E-state index in [2.05, 4.69) is 34.5 Å². The van der Waals surface area contributed by atoms with Gasteiger partial charge in [0.1, 0.15) is 6.29 Å². The minimum Gasteiger partial charge on any atom is -0.377 e. The summed E-state index contributed by atoms with van der Waals surface area (Å²) in [4.78, 5) is 14.1. The Morgan fingerprint density at radius 1 is 1.23 bits per heavy atom. The molecule has 4 aliphatic rings. The molecule has 0 amide bonds. The molecule has 1 aliphatic carbocycles. The maximum Gasteiger partial charge on any atom is 0.120 e. The van der Waals surface area contributed by atoms with Crippen LogP contribution in [0.3, 0.4) is 0 Å². The van der Waals surface area contributed by atoms with Crippen LogP contribution < -0.4 is 5.32 Å². The van der Waals surface area contributed by atoms with Crippen LogP contribution >= 0.6 is 0 Å². The van der Waals surface area contributed by atoms with Crippen LogP contribution in [0.15, 0.2) is 24.3 Å². The van der Waals surface area contributed by atoms with Gasteiger partial charge in [-0.2, -0.15) is 0 Å². The highest BCUT2D eigenvalue weighted by Gasteiger charge is 2.66. The molecule has 3 heterocycles. The van der Waals surface area contributed by atoms with Crippen molar-refractivity contribution < 1.29 is 4.79 Å². The molecule has 0 bridgehead atoms. The molecule has 116 valence electrons. The Morgan fingerprint density at radius 2 is 2.14 bits per heavy atom. The first kappa shape index (κ1) is 13.1. The summed E-state index contributed by atoms with van der Waals surface area (Å²) in [5.74, 6) is 0.636. The lowest BCUT2D eigenvalue weighted by Crippen LogP contribution is -2.65. The Labute approximate surface area is 132 Å². The fourth-order valence-corrected chi connectivity index (χ4v) is 6.47. The SMILES string of the molecule is O=CC[C@@]12CCCN3CC[C@@H]4c5ccccc5N[C@]4(CC1)[C@H]32. The number of piperidine rings is 2. The Bertz CT molecular complexity index is 630. The van der Waals surface area contributed by atoms with E-state index >= 15 is 0 Å². The highest BCUT2D eigenvalue weighted by atomic mass is 16.1. The van der Waals surface area contributed by atoms with Crippen molar-refractivity contribution in [3.8, 4) is 0 Å². The van der Waals surface area contributed by atoms with Crippen LogP contribution in [0.5, 0.6) is 0 Å². The fourth-order valence-electron chi connectivity index (χ4n) is 6.47. The van der Waals surface area contributed by atoms with E-state index in [1.54, 1.807) is 0 Å². The van der Waals surface area contributed by atoms with E-state index in [4.69, 9.17) is 0 Å². The predicted octanol–water partition coefficient (Wildman–Crippen LogP) is 3.17. The monoisotopic (exact) mass is 296 g/mol. The Morgan fingerprint density at radius 3 is 3.05 bits per heavy atom. The number of rotatable bonds is 2. The molecular weight excluding hydrogens is 272 g/mol. The van der Waals surface area contributed by atoms with Crippen LogP contribution in [-0.2, 0) is 4.79 Å². The van der Waals surface area contributed by atoms with E-state index < -0.39 is 0 Å². The number of aldehydes is 1. The summed E-state index contributed by atoms with van der Waals surface area (Å²) < 4.78 is 0. The normalized spacial score (nSPS) is 42.2. The molecule has 1 N–H and O–H groups in total. The number of fused-ring (bicyclic) bond motifs is 2. The summed E-state index contributed by atoms with van der Waals surface area (Å²) in [6.07, 6.45) is 8.13. The number of hydrogen-bond donors (Lipinski definition) is 1. The largest absolute Gasteiger partial charge is 0.377 e. The van der Waals surface area contributed by atoms with Gasteiger partial charge >= 0.3 is 0 Å². The lowest BCUT2D eigenvalue weighted by molar-refractivity contribution is -0.112. The predicted molar refractivity (Wildman–Crippen MR) is 87.1 cm³/mol. The highest BCUT2D eigenvalue weighted by molar-refractivity contribution is 5.64. The van der Waals surface area contributed by atoms with Crippen molar-refractivity contribution >= 4 is 12.0 Å². The topological polar surface area (TPSA) is 32.3 Å². The van der Waals surface area contributed by atoms with Crippen LogP contribution in [-0.4, -0.2) is 35.9 Å². The molecular formula is C19H24N2O. The molecule has 4 atom stereocenters. The van der Waals surface area contributed by atoms with E-state index in [9.17, 15) is 4.79 Å². The molecule has 3 fully saturated rings. The van der Waals surface area contributed by atoms with Gasteiger partial charge in [0.2, 0.25) is 0 Å². The zero-order valence-electron chi connectivity index (χ0n) is 13.1. The molecule has 1 spiro atoms. The van der Waals surface area contributed by atoms with Gasteiger partial charge in [0.25, 0.3) is 0 Å². The van der Waals surface area contributed by atoms with Gasteiger partial charge in [-0.1, -0.05) is 18.2 Å². The Hall–Kier alpha value is -1.35. The Kier molecular flexibility index (Phi) is 2.59. The maximum atomic E-state index is 11.4. The first-order valence-electron chi connectivity index (χ1n) is 8.84. The summed E-state index contributed by atoms with van der Waals surface area (Å²) in [7, 11) is 0. The Balaban J connectivity index is 1.64. The molecule has 22 heavy (non-hydrogen) atoms. The first-order chi connectivity index (χ1) is 10.8. The third kappa shape index (κ3) is 1.43. The second-order valence-electron chi connectivity index (χ2n) is 7.87. The average molecular weight is 296 g/mol. The quantitative estimate of drug-likeness (QED) is 0.851. The van der Waals surface area contributed by atoms with Crippen molar-refractivity contribution in [2.75, 3.05) is 18.4 Å². The van der Waals surface area contributed by atoms with Crippen molar-refractivity contribution in [2.24, 2.45) is 5.41 Å². The van der Waals surface area contributed by atoms with Crippen LogP contribution in [0.4, 0.5) is 5.69 Å². The van der Waals surface area contributed by atoms with Gasteiger partial charge in [-0.3, -0.25) is 4.90 Å². The summed E-state index contributed by atoms with van der Waals surface area (Å²) in [6.45, 7) is 2.42. The number of para-hydroxylation sites is 1. The number of carbonyl (C=O) groups is 1. The summed E-state index contributed by atoms with van der Waals surface area (Å²) in [6, 6.07) is 9.44. The minimum atomic E-state index is 0.186. The van der Waals surface area contributed by atoms with Crippen molar-refractivity contribution in [3.63, 3.8) is 0 Å². The molecule has 2 saturated heterocycles. The lowest BCUT2D eigenvalue weighted by atomic mass is 9.64. The zero-order valence-corrected chi connectivity index (χ0v) is 13.1. The third-order valence-corrected chi connectivity index (χ3v) is 7.11. The molecule has 3 aliphatic heterocycles. The van der Waals surface area contributed by atoms with E-state index in [-0.39, 0.29) is 11.0 Å². The second kappa shape index (κ2) is 4.35. The van der Waals surface area contributed by atoms with Gasteiger partial charge in [-0.15, -0.1) is 0 Å². The molecule has 1 saturated carbocycles. The van der Waals surface area contributed by atoms with Gasteiger partial charge in [0.05, 0.1) is 5.54 Å². The molecule has 0 radical (unpaired) electrons. The molecule has 5 rings (SSSR count). The number of hydrogen-bond acceptors (Lipinski definition) is 3. The molecule has 3 heteroatoms. The molecule has 0 aromatic heterocycles. The van der Waals surface area contributed by atoms with E-state index in [1.165, 1.54) is 62.7 Å². The number of nitrogens with zero attached hydrogens (tertiary/aromatic N) is 1. The number of anilines is 1. The molecule has 0 unspecified atom stereocenters. The van der Waals surface area contributed by atoms with Crippen LogP contribution in [0.25, 0.3) is 0 Å². The highest BCUT2D eigenvalue weighted by Crippen LogP contribution is 2.64. The molecule has 1 aromatic carbocycles. The van der Waals surface area contributed by atoms with Crippen LogP contribution in [0.2, 0.25) is 0 Å². The summed E-state index contributed by atoms with van der Waals surface area (Å²) in [5, 5.41) is 3.97. The van der Waals surface area contributed by atoms with Gasteiger partial charge in [0.15, 0.2) is 0 Å². The third-order valence-electron chi connectivity index (χ3n) is 7.11.